The maximum atomic E-state index is 12.8. The average Bonchev–Trinajstić information content (AvgIpc) is 2.69. The second-order valence-electron chi connectivity index (χ2n) is 5.62. The van der Waals surface area contributed by atoms with Crippen molar-refractivity contribution < 1.29 is 13.2 Å². The fourth-order valence-corrected chi connectivity index (χ4v) is 2.83. The lowest BCUT2D eigenvalue weighted by Crippen LogP contribution is -2.27. The Balaban J connectivity index is 2.33. The third kappa shape index (κ3) is 3.45. The van der Waals surface area contributed by atoms with Crippen molar-refractivity contribution >= 4 is 23.0 Å². The van der Waals surface area contributed by atoms with Gasteiger partial charge in [-0.25, -0.2) is 4.98 Å². The molecular weight excluding hydrogens is 299 g/mol. The van der Waals surface area contributed by atoms with Crippen LogP contribution < -0.4 is 11.1 Å². The summed E-state index contributed by atoms with van der Waals surface area (Å²) in [6.45, 7) is 4.23. The molecular formula is C14H18F3N3S. The molecule has 1 aliphatic rings. The van der Waals surface area contributed by atoms with Crippen molar-refractivity contribution in [2.24, 2.45) is 17.6 Å². The van der Waals surface area contributed by atoms with Crippen molar-refractivity contribution in [3.8, 4) is 0 Å². The van der Waals surface area contributed by atoms with Gasteiger partial charge >= 0.3 is 6.18 Å². The van der Waals surface area contributed by atoms with E-state index in [9.17, 15) is 13.2 Å². The van der Waals surface area contributed by atoms with E-state index in [2.05, 4.69) is 24.1 Å². The lowest BCUT2D eigenvalue weighted by Gasteiger charge is -2.22. The Morgan fingerprint density at radius 3 is 2.48 bits per heavy atom. The molecule has 0 saturated heterocycles. The summed E-state index contributed by atoms with van der Waals surface area (Å²) >= 11 is 4.90. The Kier molecular flexibility index (Phi) is 4.41. The molecule has 1 aliphatic carbocycles. The minimum absolute atomic E-state index is 0.0393. The predicted octanol–water partition coefficient (Wildman–Crippen LogP) is 3.58. The maximum absolute atomic E-state index is 12.8. The van der Waals surface area contributed by atoms with Gasteiger partial charge in [0.1, 0.15) is 16.5 Å². The van der Waals surface area contributed by atoms with Crippen LogP contribution in [0.2, 0.25) is 0 Å². The molecule has 0 aliphatic heterocycles. The van der Waals surface area contributed by atoms with E-state index in [1.807, 2.05) is 0 Å². The van der Waals surface area contributed by atoms with Gasteiger partial charge in [0, 0.05) is 6.04 Å². The van der Waals surface area contributed by atoms with E-state index in [4.69, 9.17) is 18.0 Å². The fourth-order valence-electron chi connectivity index (χ4n) is 2.67. The number of thiocarbonyl (C=S) groups is 1. The van der Waals surface area contributed by atoms with E-state index >= 15 is 0 Å². The van der Waals surface area contributed by atoms with Crippen molar-refractivity contribution in [2.75, 3.05) is 5.32 Å². The van der Waals surface area contributed by atoms with Gasteiger partial charge in [0.25, 0.3) is 0 Å². The summed E-state index contributed by atoms with van der Waals surface area (Å²) in [5.41, 5.74) is 4.99. The SMILES string of the molecule is CC1CCC(Nc2nc(C(F)(F)F)ccc2C(N)=S)C1C. The number of nitrogens with zero attached hydrogens (tertiary/aromatic N) is 1. The predicted molar refractivity (Wildman–Crippen MR) is 80.1 cm³/mol. The maximum Gasteiger partial charge on any atom is 0.433 e. The molecule has 0 bridgehead atoms. The molecule has 3 unspecified atom stereocenters. The molecule has 0 spiro atoms. The number of anilines is 1. The summed E-state index contributed by atoms with van der Waals surface area (Å²) in [7, 11) is 0. The van der Waals surface area contributed by atoms with E-state index < -0.39 is 11.9 Å². The fraction of sp³-hybridized carbons (Fsp3) is 0.571. The first-order chi connectivity index (χ1) is 9.70. The van der Waals surface area contributed by atoms with Gasteiger partial charge in [0.05, 0.1) is 5.56 Å². The van der Waals surface area contributed by atoms with Crippen LogP contribution in [0.1, 0.15) is 37.9 Å². The highest BCUT2D eigenvalue weighted by Gasteiger charge is 2.34. The minimum Gasteiger partial charge on any atom is -0.389 e. The summed E-state index contributed by atoms with van der Waals surface area (Å²) in [4.78, 5) is 3.72. The number of halogens is 3. The Labute approximate surface area is 127 Å². The first-order valence-electron chi connectivity index (χ1n) is 6.84. The van der Waals surface area contributed by atoms with Crippen LogP contribution in [0.3, 0.4) is 0 Å². The lowest BCUT2D eigenvalue weighted by molar-refractivity contribution is -0.141. The number of alkyl halides is 3. The van der Waals surface area contributed by atoms with E-state index in [0.717, 1.165) is 18.9 Å². The van der Waals surface area contributed by atoms with Gasteiger partial charge in [-0.05, 0) is 36.8 Å². The summed E-state index contributed by atoms with van der Waals surface area (Å²) in [5, 5.41) is 3.10. The second-order valence-corrected chi connectivity index (χ2v) is 6.06. The topological polar surface area (TPSA) is 50.9 Å². The number of rotatable bonds is 3. The molecule has 3 nitrogen and oxygen atoms in total. The molecule has 1 saturated carbocycles. The van der Waals surface area contributed by atoms with Gasteiger partial charge in [0.2, 0.25) is 0 Å². The van der Waals surface area contributed by atoms with E-state index in [-0.39, 0.29) is 16.8 Å². The molecule has 1 heterocycles. The number of pyridine rings is 1. The number of hydrogen-bond donors (Lipinski definition) is 2. The Morgan fingerprint density at radius 1 is 1.33 bits per heavy atom. The summed E-state index contributed by atoms with van der Waals surface area (Å²) < 4.78 is 38.4. The largest absolute Gasteiger partial charge is 0.433 e. The van der Waals surface area contributed by atoms with Crippen LogP contribution in [0.5, 0.6) is 0 Å². The summed E-state index contributed by atoms with van der Waals surface area (Å²) in [5.74, 6) is 1.02. The Morgan fingerprint density at radius 2 is 2.00 bits per heavy atom. The molecule has 0 radical (unpaired) electrons. The van der Waals surface area contributed by atoms with Crippen molar-refractivity contribution in [2.45, 2.75) is 38.9 Å². The van der Waals surface area contributed by atoms with Gasteiger partial charge in [-0.15, -0.1) is 0 Å². The zero-order valence-electron chi connectivity index (χ0n) is 11.9. The molecule has 7 heteroatoms. The highest BCUT2D eigenvalue weighted by molar-refractivity contribution is 7.80. The highest BCUT2D eigenvalue weighted by atomic mass is 32.1. The van der Waals surface area contributed by atoms with Crippen molar-refractivity contribution in [3.05, 3.63) is 23.4 Å². The summed E-state index contributed by atoms with van der Waals surface area (Å²) in [6, 6.07) is 2.27. The first kappa shape index (κ1) is 16.0. The monoisotopic (exact) mass is 317 g/mol. The minimum atomic E-state index is -4.49. The Bertz CT molecular complexity index is 545. The molecule has 0 aromatic carbocycles. The standard InChI is InChI=1S/C14H18F3N3S/c1-7-3-5-10(8(7)2)19-13-9(12(18)21)4-6-11(20-13)14(15,16)17/h4,6-8,10H,3,5H2,1-2H3,(H2,18,21)(H,19,20). The third-order valence-corrected chi connectivity index (χ3v) is 4.46. The smallest absolute Gasteiger partial charge is 0.389 e. The number of hydrogen-bond acceptors (Lipinski definition) is 3. The van der Waals surface area contributed by atoms with Gasteiger partial charge in [-0.2, -0.15) is 13.2 Å². The summed E-state index contributed by atoms with van der Waals surface area (Å²) in [6.07, 6.45) is -2.54. The third-order valence-electron chi connectivity index (χ3n) is 4.24. The van der Waals surface area contributed by atoms with Gasteiger partial charge in [-0.1, -0.05) is 26.1 Å². The van der Waals surface area contributed by atoms with Crippen molar-refractivity contribution in [1.82, 2.24) is 4.98 Å². The average molecular weight is 317 g/mol. The van der Waals surface area contributed by atoms with Crippen LogP contribution in [0, 0.1) is 11.8 Å². The van der Waals surface area contributed by atoms with Crippen molar-refractivity contribution in [1.29, 1.82) is 0 Å². The van der Waals surface area contributed by atoms with E-state index in [1.54, 1.807) is 0 Å². The molecule has 21 heavy (non-hydrogen) atoms. The van der Waals surface area contributed by atoms with Crippen LogP contribution in [-0.2, 0) is 6.18 Å². The van der Waals surface area contributed by atoms with Gasteiger partial charge in [0.15, 0.2) is 0 Å². The van der Waals surface area contributed by atoms with Crippen molar-refractivity contribution in [3.63, 3.8) is 0 Å². The van der Waals surface area contributed by atoms with Crippen LogP contribution >= 0.6 is 12.2 Å². The molecule has 2 rings (SSSR count). The molecule has 3 atom stereocenters. The molecule has 1 aromatic rings. The highest BCUT2D eigenvalue weighted by Crippen LogP contribution is 2.35. The normalized spacial score (nSPS) is 25.9. The first-order valence-corrected chi connectivity index (χ1v) is 7.25. The zero-order valence-corrected chi connectivity index (χ0v) is 12.7. The molecule has 3 N–H and O–H groups in total. The zero-order chi connectivity index (χ0) is 15.8. The molecule has 1 aromatic heterocycles. The quantitative estimate of drug-likeness (QED) is 0.837. The van der Waals surface area contributed by atoms with Gasteiger partial charge < -0.3 is 11.1 Å². The van der Waals surface area contributed by atoms with E-state index in [0.29, 0.717) is 17.4 Å². The van der Waals surface area contributed by atoms with Crippen LogP contribution in [0.15, 0.2) is 12.1 Å². The van der Waals surface area contributed by atoms with E-state index in [1.165, 1.54) is 6.07 Å². The van der Waals surface area contributed by atoms with Gasteiger partial charge in [-0.3, -0.25) is 0 Å². The lowest BCUT2D eigenvalue weighted by atomic mass is 9.97. The Hall–Kier alpha value is -1.37. The number of aromatic nitrogens is 1. The second kappa shape index (κ2) is 5.79. The van der Waals surface area contributed by atoms with Crippen LogP contribution in [-0.4, -0.2) is 16.0 Å². The molecule has 0 amide bonds. The molecule has 1 fully saturated rings. The number of nitrogens with one attached hydrogen (secondary N) is 1. The van der Waals surface area contributed by atoms with Crippen LogP contribution in [0.4, 0.5) is 19.0 Å². The van der Waals surface area contributed by atoms with Crippen LogP contribution in [0.25, 0.3) is 0 Å². The number of nitrogens with two attached hydrogens (primary N) is 1. The molecule has 116 valence electrons.